The van der Waals surface area contributed by atoms with Gasteiger partial charge in [0.1, 0.15) is 0 Å². The Morgan fingerprint density at radius 3 is 2.63 bits per heavy atom. The first-order valence-corrected chi connectivity index (χ1v) is 6.97. The number of piperidine rings is 1. The van der Waals surface area contributed by atoms with Gasteiger partial charge in [-0.25, -0.2) is 0 Å². The molecule has 1 aromatic heterocycles. The molecule has 19 heavy (non-hydrogen) atoms. The molecule has 102 valence electrons. The number of halogens is 1. The van der Waals surface area contributed by atoms with E-state index in [1.165, 1.54) is 0 Å². The first-order valence-electron chi connectivity index (χ1n) is 6.18. The lowest BCUT2D eigenvalue weighted by atomic mass is 9.93. The summed E-state index contributed by atoms with van der Waals surface area (Å²) in [5.74, 6) is -0.620. The van der Waals surface area contributed by atoms with Crippen molar-refractivity contribution < 1.29 is 14.7 Å². The maximum atomic E-state index is 12.2. The van der Waals surface area contributed by atoms with Gasteiger partial charge in [-0.3, -0.25) is 14.6 Å². The lowest BCUT2D eigenvalue weighted by Crippen LogP contribution is -2.38. The summed E-state index contributed by atoms with van der Waals surface area (Å²) in [6, 6.07) is 1.75. The van der Waals surface area contributed by atoms with Gasteiger partial charge < -0.3 is 10.0 Å². The molecule has 1 aliphatic rings. The Morgan fingerprint density at radius 1 is 1.37 bits per heavy atom. The molecule has 2 heterocycles. The minimum Gasteiger partial charge on any atom is -0.481 e. The van der Waals surface area contributed by atoms with Crippen LogP contribution in [-0.4, -0.2) is 40.0 Å². The number of carboxylic acids is 1. The van der Waals surface area contributed by atoms with Gasteiger partial charge in [-0.05, 0) is 40.8 Å². The van der Waals surface area contributed by atoms with E-state index < -0.39 is 5.97 Å². The summed E-state index contributed by atoms with van der Waals surface area (Å²) in [5.41, 5.74) is 0.561. The molecule has 0 spiro atoms. The molecule has 6 heteroatoms. The van der Waals surface area contributed by atoms with Crippen LogP contribution in [0.3, 0.4) is 0 Å². The van der Waals surface area contributed by atoms with Crippen LogP contribution in [0.25, 0.3) is 0 Å². The molecule has 1 aromatic rings. The molecule has 0 atom stereocenters. The fourth-order valence-corrected chi connectivity index (χ4v) is 2.66. The highest BCUT2D eigenvalue weighted by Gasteiger charge is 2.25. The molecule has 0 unspecified atom stereocenters. The largest absolute Gasteiger partial charge is 0.481 e. The third-order valence-electron chi connectivity index (χ3n) is 3.32. The number of rotatable bonds is 3. The van der Waals surface area contributed by atoms with Crippen LogP contribution in [0.2, 0.25) is 0 Å². The van der Waals surface area contributed by atoms with Gasteiger partial charge in [-0.2, -0.15) is 0 Å². The van der Waals surface area contributed by atoms with E-state index >= 15 is 0 Å². The van der Waals surface area contributed by atoms with Crippen molar-refractivity contribution in [3.8, 4) is 0 Å². The number of likely N-dealkylation sites (tertiary alicyclic amines) is 1. The first kappa shape index (κ1) is 14.0. The van der Waals surface area contributed by atoms with Crippen molar-refractivity contribution in [1.29, 1.82) is 0 Å². The van der Waals surface area contributed by atoms with E-state index in [0.29, 0.717) is 18.7 Å². The van der Waals surface area contributed by atoms with Gasteiger partial charge in [0.05, 0.1) is 5.56 Å². The lowest BCUT2D eigenvalue weighted by molar-refractivity contribution is -0.138. The molecular formula is C13H15BrN2O3. The number of carbonyl (C=O) groups excluding carboxylic acids is 1. The van der Waals surface area contributed by atoms with Gasteiger partial charge in [-0.1, -0.05) is 0 Å². The zero-order chi connectivity index (χ0) is 13.8. The number of hydrogen-bond acceptors (Lipinski definition) is 3. The molecule has 5 nitrogen and oxygen atoms in total. The highest BCUT2D eigenvalue weighted by Crippen LogP contribution is 2.22. The van der Waals surface area contributed by atoms with E-state index in [4.69, 9.17) is 5.11 Å². The minimum absolute atomic E-state index is 0.0393. The van der Waals surface area contributed by atoms with E-state index in [1.807, 2.05) is 0 Å². The molecule has 0 radical (unpaired) electrons. The maximum absolute atomic E-state index is 12.2. The average Bonchev–Trinajstić information content (AvgIpc) is 2.38. The van der Waals surface area contributed by atoms with E-state index in [1.54, 1.807) is 23.4 Å². The van der Waals surface area contributed by atoms with E-state index in [2.05, 4.69) is 20.9 Å². The zero-order valence-corrected chi connectivity index (χ0v) is 12.0. The Balaban J connectivity index is 1.94. The summed E-state index contributed by atoms with van der Waals surface area (Å²) < 4.78 is 0.777. The number of aliphatic carboxylic acids is 1. The Kier molecular flexibility index (Phi) is 4.52. The van der Waals surface area contributed by atoms with Crippen molar-refractivity contribution in [1.82, 2.24) is 9.88 Å². The maximum Gasteiger partial charge on any atom is 0.303 e. The predicted octanol–water partition coefficient (Wildman–Crippen LogP) is 2.17. The van der Waals surface area contributed by atoms with Crippen molar-refractivity contribution in [2.24, 2.45) is 5.92 Å². The molecule has 1 amide bonds. The monoisotopic (exact) mass is 326 g/mol. The highest BCUT2D eigenvalue weighted by molar-refractivity contribution is 9.10. The number of nitrogens with zero attached hydrogens (tertiary/aromatic N) is 2. The second kappa shape index (κ2) is 6.14. The summed E-state index contributed by atoms with van der Waals surface area (Å²) in [7, 11) is 0. The van der Waals surface area contributed by atoms with Crippen LogP contribution < -0.4 is 0 Å². The topological polar surface area (TPSA) is 70.5 Å². The normalized spacial score (nSPS) is 16.4. The molecule has 1 fully saturated rings. The van der Waals surface area contributed by atoms with Crippen LogP contribution in [0.4, 0.5) is 0 Å². The Bertz CT molecular complexity index is 485. The molecule has 0 aromatic carbocycles. The van der Waals surface area contributed by atoms with Crippen LogP contribution in [0.1, 0.15) is 29.6 Å². The molecule has 2 rings (SSSR count). The van der Waals surface area contributed by atoms with Crippen molar-refractivity contribution >= 4 is 27.8 Å². The van der Waals surface area contributed by atoms with Gasteiger partial charge >= 0.3 is 5.97 Å². The third kappa shape index (κ3) is 3.76. The summed E-state index contributed by atoms with van der Waals surface area (Å²) >= 11 is 3.29. The molecule has 0 aliphatic carbocycles. The Morgan fingerprint density at radius 2 is 2.05 bits per heavy atom. The van der Waals surface area contributed by atoms with Gasteiger partial charge in [-0.15, -0.1) is 0 Å². The van der Waals surface area contributed by atoms with Crippen LogP contribution >= 0.6 is 15.9 Å². The lowest BCUT2D eigenvalue weighted by Gasteiger charge is -2.31. The van der Waals surface area contributed by atoms with Crippen LogP contribution in [0.5, 0.6) is 0 Å². The number of carbonyl (C=O) groups is 2. The predicted molar refractivity (Wildman–Crippen MR) is 72.8 cm³/mol. The number of amides is 1. The van der Waals surface area contributed by atoms with Gasteiger partial charge in [0.25, 0.3) is 5.91 Å². The zero-order valence-electron chi connectivity index (χ0n) is 10.4. The third-order valence-corrected chi connectivity index (χ3v) is 3.75. The highest BCUT2D eigenvalue weighted by atomic mass is 79.9. The van der Waals surface area contributed by atoms with Crippen molar-refractivity contribution in [2.45, 2.75) is 19.3 Å². The second-order valence-corrected chi connectivity index (χ2v) is 5.64. The number of carboxylic acid groups (broad SMARTS) is 1. The van der Waals surface area contributed by atoms with Crippen molar-refractivity contribution in [2.75, 3.05) is 13.1 Å². The summed E-state index contributed by atoms with van der Waals surface area (Å²) in [4.78, 5) is 28.6. The first-order chi connectivity index (χ1) is 9.06. The molecule has 1 N–H and O–H groups in total. The quantitative estimate of drug-likeness (QED) is 0.924. The van der Waals surface area contributed by atoms with Gasteiger partial charge in [0.2, 0.25) is 0 Å². The van der Waals surface area contributed by atoms with E-state index in [-0.39, 0.29) is 18.2 Å². The van der Waals surface area contributed by atoms with E-state index in [9.17, 15) is 9.59 Å². The molecule has 0 saturated carbocycles. The smallest absolute Gasteiger partial charge is 0.303 e. The average molecular weight is 327 g/mol. The number of aromatic nitrogens is 1. The molecule has 1 aliphatic heterocycles. The minimum atomic E-state index is -0.763. The SMILES string of the molecule is O=C(O)CC1CCN(C(=O)c2cncc(Br)c2)CC1. The standard InChI is InChI=1S/C13H15BrN2O3/c14-11-6-10(7-15-8-11)13(19)16-3-1-9(2-4-16)5-12(17)18/h6-9H,1-5H2,(H,17,18). The van der Waals surface area contributed by atoms with E-state index in [0.717, 1.165) is 17.3 Å². The van der Waals surface area contributed by atoms with Gasteiger partial charge in [0, 0.05) is 36.4 Å². The summed E-state index contributed by atoms with van der Waals surface area (Å²) in [5, 5.41) is 8.76. The molecule has 1 saturated heterocycles. The summed E-state index contributed by atoms with van der Waals surface area (Å²) in [6.07, 6.45) is 4.88. The second-order valence-electron chi connectivity index (χ2n) is 4.73. The Labute approximate surface area is 119 Å². The van der Waals surface area contributed by atoms with Gasteiger partial charge in [0.15, 0.2) is 0 Å². The summed E-state index contributed by atoms with van der Waals surface area (Å²) in [6.45, 7) is 1.23. The number of hydrogen-bond donors (Lipinski definition) is 1. The molecule has 0 bridgehead atoms. The van der Waals surface area contributed by atoms with Crippen molar-refractivity contribution in [3.63, 3.8) is 0 Å². The van der Waals surface area contributed by atoms with Crippen LogP contribution in [0, 0.1) is 5.92 Å². The fraction of sp³-hybridized carbons (Fsp3) is 0.462. The number of pyridine rings is 1. The van der Waals surface area contributed by atoms with Crippen LogP contribution in [0.15, 0.2) is 22.9 Å². The fourth-order valence-electron chi connectivity index (χ4n) is 2.30. The molecular weight excluding hydrogens is 312 g/mol. The van der Waals surface area contributed by atoms with Crippen molar-refractivity contribution in [3.05, 3.63) is 28.5 Å². The van der Waals surface area contributed by atoms with Crippen LogP contribution in [-0.2, 0) is 4.79 Å². The Hall–Kier alpha value is -1.43.